The van der Waals surface area contributed by atoms with Crippen LogP contribution >= 0.6 is 0 Å². The number of aliphatic hydroxyl groups excluding tert-OH is 1. The quantitative estimate of drug-likeness (QED) is 0.256. The molecule has 0 saturated carbocycles. The van der Waals surface area contributed by atoms with E-state index in [0.29, 0.717) is 35.1 Å². The number of nitrogens with zero attached hydrogens (tertiary/aromatic N) is 4. The maximum absolute atomic E-state index is 11.4. The molecule has 0 unspecified atom stereocenters. The molecule has 9 nitrogen and oxygen atoms in total. The minimum absolute atomic E-state index is 0.0375. The van der Waals surface area contributed by atoms with Crippen molar-refractivity contribution in [3.63, 3.8) is 0 Å². The first-order chi connectivity index (χ1) is 16.5. The summed E-state index contributed by atoms with van der Waals surface area (Å²) in [7, 11) is 1.74. The number of anilines is 1. The number of hydrogen-bond donors (Lipinski definition) is 5. The second kappa shape index (κ2) is 9.82. The predicted molar refractivity (Wildman–Crippen MR) is 134 cm³/mol. The van der Waals surface area contributed by atoms with Gasteiger partial charge < -0.3 is 26.2 Å². The average molecular weight is 458 g/mol. The van der Waals surface area contributed by atoms with Gasteiger partial charge in [-0.05, 0) is 24.6 Å². The Kier molecular flexibility index (Phi) is 6.67. The molecule has 174 valence electrons. The Hall–Kier alpha value is -4.08. The molecule has 0 fully saturated rings. The summed E-state index contributed by atoms with van der Waals surface area (Å²) in [6.45, 7) is 1.97. The van der Waals surface area contributed by atoms with E-state index in [-0.39, 0.29) is 6.61 Å². The first kappa shape index (κ1) is 23.1. The molecule has 0 aliphatic rings. The van der Waals surface area contributed by atoms with Crippen LogP contribution in [-0.4, -0.2) is 56.6 Å². The van der Waals surface area contributed by atoms with Gasteiger partial charge in [0.1, 0.15) is 11.2 Å². The summed E-state index contributed by atoms with van der Waals surface area (Å²) in [6.07, 6.45) is 6.60. The molecule has 0 radical (unpaired) electrons. The van der Waals surface area contributed by atoms with E-state index in [1.165, 1.54) is 6.20 Å². The van der Waals surface area contributed by atoms with Gasteiger partial charge in [0.05, 0.1) is 24.5 Å². The summed E-state index contributed by atoms with van der Waals surface area (Å²) in [4.78, 5) is 21.0. The monoisotopic (exact) mass is 457 g/mol. The van der Waals surface area contributed by atoms with Crippen molar-refractivity contribution in [2.24, 2.45) is 10.7 Å². The summed E-state index contributed by atoms with van der Waals surface area (Å²) in [5, 5.41) is 24.2. The largest absolute Gasteiger partial charge is 0.404 e. The summed E-state index contributed by atoms with van der Waals surface area (Å²) in [6, 6.07) is 13.1. The van der Waals surface area contributed by atoms with Crippen LogP contribution in [-0.2, 0) is 5.60 Å². The molecule has 3 aromatic heterocycles. The number of aliphatic imine (C=N–C) groups is 1. The van der Waals surface area contributed by atoms with E-state index in [1.807, 2.05) is 42.6 Å². The molecule has 4 aromatic rings. The standard InChI is InChI=1S/C25H27N7O2/c1-25(34,18-6-4-3-5-7-18)22-11-21(31-24(27-2)32-22)20-15-30-23-19(20)10-16(14-29-23)17(12-26)13-28-8-9-33/h3-7,10-15,33-34H,8-9,26H2,1-2H3,(H,29,30)(H,27,31,32)/t25-/m1/s1. The molecular formula is C25H27N7O2. The Bertz CT molecular complexity index is 1340. The van der Waals surface area contributed by atoms with Crippen molar-refractivity contribution in [1.82, 2.24) is 19.9 Å². The number of aromatic amines is 1. The van der Waals surface area contributed by atoms with Crippen LogP contribution in [0, 0.1) is 0 Å². The third-order valence-corrected chi connectivity index (χ3v) is 5.56. The molecule has 4 rings (SSSR count). The zero-order valence-corrected chi connectivity index (χ0v) is 19.0. The maximum Gasteiger partial charge on any atom is 0.223 e. The van der Waals surface area contributed by atoms with Gasteiger partial charge in [0.25, 0.3) is 0 Å². The predicted octanol–water partition coefficient (Wildman–Crippen LogP) is 2.68. The van der Waals surface area contributed by atoms with Gasteiger partial charge in [-0.2, -0.15) is 0 Å². The topological polar surface area (TPSA) is 145 Å². The molecule has 1 aromatic carbocycles. The fraction of sp³-hybridized carbons (Fsp3) is 0.200. The summed E-state index contributed by atoms with van der Waals surface area (Å²) < 4.78 is 0. The molecule has 0 spiro atoms. The highest BCUT2D eigenvalue weighted by Gasteiger charge is 2.29. The number of hydrogen-bond acceptors (Lipinski definition) is 8. The number of H-pyrrole nitrogens is 1. The molecular weight excluding hydrogens is 430 g/mol. The Labute approximate surface area is 197 Å². The summed E-state index contributed by atoms with van der Waals surface area (Å²) >= 11 is 0. The van der Waals surface area contributed by atoms with Crippen molar-refractivity contribution in [3.8, 4) is 11.3 Å². The maximum atomic E-state index is 11.4. The zero-order valence-electron chi connectivity index (χ0n) is 19.0. The molecule has 0 bridgehead atoms. The molecule has 34 heavy (non-hydrogen) atoms. The van der Waals surface area contributed by atoms with Crippen LogP contribution in [0.3, 0.4) is 0 Å². The number of fused-ring (bicyclic) bond motifs is 1. The van der Waals surface area contributed by atoms with E-state index in [1.54, 1.807) is 32.4 Å². The third kappa shape index (κ3) is 4.52. The number of nitrogens with two attached hydrogens (primary N) is 1. The second-order valence-electron chi connectivity index (χ2n) is 7.85. The second-order valence-corrected chi connectivity index (χ2v) is 7.85. The van der Waals surface area contributed by atoms with E-state index in [2.05, 4.69) is 30.2 Å². The van der Waals surface area contributed by atoms with Crippen LogP contribution in [0.25, 0.3) is 27.9 Å². The van der Waals surface area contributed by atoms with Gasteiger partial charge in [-0.3, -0.25) is 4.99 Å². The molecule has 0 aliphatic carbocycles. The lowest BCUT2D eigenvalue weighted by Gasteiger charge is -2.24. The number of allylic oxidation sites excluding steroid dienone is 1. The van der Waals surface area contributed by atoms with E-state index in [9.17, 15) is 5.11 Å². The Morgan fingerprint density at radius 1 is 1.24 bits per heavy atom. The lowest BCUT2D eigenvalue weighted by atomic mass is 9.91. The molecule has 0 saturated heterocycles. The van der Waals surface area contributed by atoms with Crippen LogP contribution in [0.5, 0.6) is 0 Å². The number of pyridine rings is 1. The van der Waals surface area contributed by atoms with Crippen molar-refractivity contribution in [2.75, 3.05) is 25.5 Å². The number of benzene rings is 1. The lowest BCUT2D eigenvalue weighted by Crippen LogP contribution is -2.25. The van der Waals surface area contributed by atoms with Gasteiger partial charge in [-0.15, -0.1) is 0 Å². The first-order valence-corrected chi connectivity index (χ1v) is 10.8. The van der Waals surface area contributed by atoms with Gasteiger partial charge in [0, 0.05) is 53.9 Å². The average Bonchev–Trinajstić information content (AvgIpc) is 3.30. The van der Waals surface area contributed by atoms with Crippen LogP contribution < -0.4 is 11.1 Å². The lowest BCUT2D eigenvalue weighted by molar-refractivity contribution is 0.0974. The highest BCUT2D eigenvalue weighted by molar-refractivity contribution is 6.10. The molecule has 9 heteroatoms. The van der Waals surface area contributed by atoms with Crippen molar-refractivity contribution < 1.29 is 10.2 Å². The highest BCUT2D eigenvalue weighted by atomic mass is 16.3. The number of aliphatic hydroxyl groups is 2. The Morgan fingerprint density at radius 3 is 2.74 bits per heavy atom. The normalized spacial score (nSPS) is 13.9. The molecule has 0 aliphatic heterocycles. The first-order valence-electron chi connectivity index (χ1n) is 10.8. The van der Waals surface area contributed by atoms with Gasteiger partial charge in [0.2, 0.25) is 5.95 Å². The smallest absolute Gasteiger partial charge is 0.223 e. The van der Waals surface area contributed by atoms with Crippen molar-refractivity contribution in [2.45, 2.75) is 12.5 Å². The summed E-state index contributed by atoms with van der Waals surface area (Å²) in [5.74, 6) is 0.390. The highest BCUT2D eigenvalue weighted by Crippen LogP contribution is 2.33. The minimum Gasteiger partial charge on any atom is -0.404 e. The van der Waals surface area contributed by atoms with Crippen LogP contribution in [0.1, 0.15) is 23.7 Å². The van der Waals surface area contributed by atoms with Crippen LogP contribution in [0.2, 0.25) is 0 Å². The van der Waals surface area contributed by atoms with Crippen LogP contribution in [0.4, 0.5) is 5.95 Å². The summed E-state index contributed by atoms with van der Waals surface area (Å²) in [5.41, 5.74) is 9.25. The number of nitrogens with one attached hydrogen (secondary N) is 2. The van der Waals surface area contributed by atoms with Gasteiger partial charge in [-0.25, -0.2) is 15.0 Å². The fourth-order valence-electron chi connectivity index (χ4n) is 3.66. The van der Waals surface area contributed by atoms with Crippen molar-refractivity contribution >= 4 is 28.8 Å². The van der Waals surface area contributed by atoms with E-state index in [0.717, 1.165) is 22.1 Å². The molecule has 3 heterocycles. The van der Waals surface area contributed by atoms with Gasteiger partial charge in [0.15, 0.2) is 0 Å². The fourth-order valence-corrected chi connectivity index (χ4v) is 3.66. The molecule has 6 N–H and O–H groups in total. The van der Waals surface area contributed by atoms with Crippen molar-refractivity contribution in [1.29, 1.82) is 0 Å². The van der Waals surface area contributed by atoms with E-state index in [4.69, 9.17) is 10.8 Å². The Morgan fingerprint density at radius 2 is 2.03 bits per heavy atom. The number of rotatable bonds is 8. The molecule has 0 amide bonds. The van der Waals surface area contributed by atoms with Gasteiger partial charge >= 0.3 is 0 Å². The van der Waals surface area contributed by atoms with E-state index >= 15 is 0 Å². The SMILES string of the molecule is CNc1nc(-c2c[nH]c3ncc(C(C=NCCO)=CN)cc23)cc([C@](C)(O)c2ccccc2)n1. The zero-order chi connectivity index (χ0) is 24.1. The van der Waals surface area contributed by atoms with Crippen molar-refractivity contribution in [3.05, 3.63) is 77.9 Å². The van der Waals surface area contributed by atoms with E-state index < -0.39 is 5.60 Å². The van der Waals surface area contributed by atoms with Crippen LogP contribution in [0.15, 0.2) is 66.1 Å². The molecule has 1 atom stereocenters. The minimum atomic E-state index is -1.32. The Balaban J connectivity index is 1.82. The number of aromatic nitrogens is 4. The third-order valence-electron chi connectivity index (χ3n) is 5.56. The van der Waals surface area contributed by atoms with Gasteiger partial charge in [-0.1, -0.05) is 30.3 Å².